The summed E-state index contributed by atoms with van der Waals surface area (Å²) in [5.74, 6) is 2.73. The normalized spacial score (nSPS) is 14.8. The summed E-state index contributed by atoms with van der Waals surface area (Å²) in [6.07, 6.45) is 1.91. The smallest absolute Gasteiger partial charge is 0.270 e. The molecule has 1 aliphatic heterocycles. The van der Waals surface area contributed by atoms with Gasteiger partial charge in [0.05, 0.1) is 4.92 Å². The van der Waals surface area contributed by atoms with Crippen molar-refractivity contribution in [2.45, 2.75) is 39.2 Å². The number of nitrogens with zero attached hydrogens (tertiary/aromatic N) is 6. The van der Waals surface area contributed by atoms with Gasteiger partial charge in [0, 0.05) is 55.0 Å². The van der Waals surface area contributed by atoms with Gasteiger partial charge in [-0.15, -0.1) is 0 Å². The van der Waals surface area contributed by atoms with E-state index in [0.717, 1.165) is 49.8 Å². The van der Waals surface area contributed by atoms with E-state index < -0.39 is 4.92 Å². The number of aromatic amines is 1. The summed E-state index contributed by atoms with van der Waals surface area (Å²) in [6.45, 7) is 6.49. The first-order chi connectivity index (χ1) is 14.5. The standard InChI is InChI=1S/C20H23N7O2S/c1-3-26-19(23-24-20(26)30)14-7-9-25(10-8-14)17-11-13(2)21-18(22-17)15-5-4-6-16(12-15)27(28)29/h4-6,11-12,14H,3,7-10H2,1-2H3,(H,24,30). The minimum atomic E-state index is -0.406. The number of anilines is 1. The average molecular weight is 426 g/mol. The minimum Gasteiger partial charge on any atom is -0.356 e. The maximum absolute atomic E-state index is 11.1. The molecule has 0 saturated carbocycles. The Labute approximate surface area is 178 Å². The summed E-state index contributed by atoms with van der Waals surface area (Å²) < 4.78 is 2.73. The molecule has 4 rings (SSSR count). The van der Waals surface area contributed by atoms with Crippen molar-refractivity contribution in [1.82, 2.24) is 24.7 Å². The zero-order chi connectivity index (χ0) is 21.3. The van der Waals surface area contributed by atoms with E-state index in [9.17, 15) is 10.1 Å². The number of nitro groups is 1. The summed E-state index contributed by atoms with van der Waals surface area (Å²) in [6, 6.07) is 8.40. The highest BCUT2D eigenvalue weighted by atomic mass is 32.1. The van der Waals surface area contributed by atoms with E-state index in [1.807, 2.05) is 13.0 Å². The number of H-pyrrole nitrogens is 1. The molecule has 10 heteroatoms. The minimum absolute atomic E-state index is 0.0318. The van der Waals surface area contributed by atoms with Crippen molar-refractivity contribution in [3.05, 3.63) is 56.7 Å². The number of hydrogen-bond donors (Lipinski definition) is 1. The molecule has 1 N–H and O–H groups in total. The molecule has 0 spiro atoms. The lowest BCUT2D eigenvalue weighted by atomic mass is 9.96. The second kappa shape index (κ2) is 8.31. The van der Waals surface area contributed by atoms with Crippen molar-refractivity contribution < 1.29 is 4.92 Å². The highest BCUT2D eigenvalue weighted by Crippen LogP contribution is 2.30. The van der Waals surface area contributed by atoms with Gasteiger partial charge in [-0.2, -0.15) is 5.10 Å². The van der Waals surface area contributed by atoms with Crippen LogP contribution < -0.4 is 4.90 Å². The molecule has 0 unspecified atom stereocenters. The van der Waals surface area contributed by atoms with Crippen LogP contribution in [0.2, 0.25) is 0 Å². The molecule has 0 amide bonds. The van der Waals surface area contributed by atoms with E-state index in [1.165, 1.54) is 12.1 Å². The number of nitrogens with one attached hydrogen (secondary N) is 1. The van der Waals surface area contributed by atoms with E-state index in [-0.39, 0.29) is 5.69 Å². The number of aromatic nitrogens is 5. The Morgan fingerprint density at radius 2 is 2.03 bits per heavy atom. The van der Waals surface area contributed by atoms with Crippen LogP contribution in [0.15, 0.2) is 30.3 Å². The Morgan fingerprint density at radius 3 is 2.73 bits per heavy atom. The largest absolute Gasteiger partial charge is 0.356 e. The first-order valence-electron chi connectivity index (χ1n) is 9.97. The van der Waals surface area contributed by atoms with E-state index in [4.69, 9.17) is 17.2 Å². The fourth-order valence-electron chi connectivity index (χ4n) is 3.92. The van der Waals surface area contributed by atoms with Gasteiger partial charge in [0.1, 0.15) is 11.6 Å². The Hall–Kier alpha value is -3.14. The van der Waals surface area contributed by atoms with Crippen molar-refractivity contribution in [3.63, 3.8) is 0 Å². The third-order valence-electron chi connectivity index (χ3n) is 5.44. The maximum atomic E-state index is 11.1. The van der Waals surface area contributed by atoms with E-state index in [2.05, 4.69) is 31.6 Å². The zero-order valence-electron chi connectivity index (χ0n) is 16.9. The van der Waals surface area contributed by atoms with Gasteiger partial charge in [-0.3, -0.25) is 15.2 Å². The van der Waals surface area contributed by atoms with Gasteiger partial charge >= 0.3 is 0 Å². The van der Waals surface area contributed by atoms with Gasteiger partial charge in [-0.05, 0) is 38.9 Å². The van der Waals surface area contributed by atoms with Crippen LogP contribution in [-0.2, 0) is 6.54 Å². The Morgan fingerprint density at radius 1 is 1.27 bits per heavy atom. The van der Waals surface area contributed by atoms with Crippen LogP contribution >= 0.6 is 12.2 Å². The lowest BCUT2D eigenvalue weighted by Crippen LogP contribution is -2.34. The third kappa shape index (κ3) is 3.95. The quantitative estimate of drug-likeness (QED) is 0.374. The van der Waals surface area contributed by atoms with Crippen molar-refractivity contribution in [1.29, 1.82) is 0 Å². The second-order valence-corrected chi connectivity index (χ2v) is 7.78. The summed E-state index contributed by atoms with van der Waals surface area (Å²) in [5.41, 5.74) is 1.50. The summed E-state index contributed by atoms with van der Waals surface area (Å²) >= 11 is 5.32. The van der Waals surface area contributed by atoms with Gasteiger partial charge in [-0.25, -0.2) is 9.97 Å². The van der Waals surface area contributed by atoms with E-state index in [0.29, 0.717) is 22.1 Å². The summed E-state index contributed by atoms with van der Waals surface area (Å²) in [5, 5.41) is 18.5. The van der Waals surface area contributed by atoms with Crippen LogP contribution in [0.25, 0.3) is 11.4 Å². The molecule has 0 aliphatic carbocycles. The molecule has 30 heavy (non-hydrogen) atoms. The Balaban J connectivity index is 1.55. The fraction of sp³-hybridized carbons (Fsp3) is 0.400. The molecular formula is C20H23N7O2S. The summed E-state index contributed by atoms with van der Waals surface area (Å²) in [7, 11) is 0. The third-order valence-corrected chi connectivity index (χ3v) is 5.76. The lowest BCUT2D eigenvalue weighted by Gasteiger charge is -2.32. The SMILES string of the molecule is CCn1c(C2CCN(c3cc(C)nc(-c4cccc([N+](=O)[O-])c4)n3)CC2)n[nH]c1=S. The molecule has 0 bridgehead atoms. The monoisotopic (exact) mass is 425 g/mol. The molecule has 0 radical (unpaired) electrons. The van der Waals surface area contributed by atoms with Gasteiger partial charge < -0.3 is 9.47 Å². The molecule has 3 heterocycles. The number of non-ortho nitro benzene ring substituents is 1. The Bertz CT molecular complexity index is 1130. The highest BCUT2D eigenvalue weighted by molar-refractivity contribution is 7.71. The predicted octanol–water partition coefficient (Wildman–Crippen LogP) is 4.02. The molecular weight excluding hydrogens is 402 g/mol. The number of nitro benzene ring substituents is 1. The number of hydrogen-bond acceptors (Lipinski definition) is 7. The van der Waals surface area contributed by atoms with Crippen LogP contribution in [-0.4, -0.2) is 42.7 Å². The first kappa shape index (κ1) is 20.1. The van der Waals surface area contributed by atoms with Crippen LogP contribution in [0.4, 0.5) is 11.5 Å². The van der Waals surface area contributed by atoms with Crippen LogP contribution in [0.3, 0.4) is 0 Å². The molecule has 3 aromatic rings. The number of benzene rings is 1. The first-order valence-corrected chi connectivity index (χ1v) is 10.4. The van der Waals surface area contributed by atoms with Crippen LogP contribution in [0, 0.1) is 21.8 Å². The topological polar surface area (TPSA) is 106 Å². The van der Waals surface area contributed by atoms with Crippen molar-refractivity contribution in [2.75, 3.05) is 18.0 Å². The molecule has 156 valence electrons. The van der Waals surface area contributed by atoms with Gasteiger partial charge in [-0.1, -0.05) is 12.1 Å². The number of piperidine rings is 1. The molecule has 2 aromatic heterocycles. The van der Waals surface area contributed by atoms with Crippen molar-refractivity contribution in [3.8, 4) is 11.4 Å². The van der Waals surface area contributed by atoms with E-state index in [1.54, 1.807) is 12.1 Å². The lowest BCUT2D eigenvalue weighted by molar-refractivity contribution is -0.384. The van der Waals surface area contributed by atoms with Gasteiger partial charge in [0.25, 0.3) is 5.69 Å². The molecule has 9 nitrogen and oxygen atoms in total. The molecule has 1 saturated heterocycles. The number of aryl methyl sites for hydroxylation is 1. The molecule has 1 aliphatic rings. The van der Waals surface area contributed by atoms with Gasteiger partial charge in [0.15, 0.2) is 10.6 Å². The molecule has 0 atom stereocenters. The van der Waals surface area contributed by atoms with Crippen molar-refractivity contribution >= 4 is 23.7 Å². The predicted molar refractivity (Wildman–Crippen MR) is 116 cm³/mol. The van der Waals surface area contributed by atoms with Crippen LogP contribution in [0.5, 0.6) is 0 Å². The van der Waals surface area contributed by atoms with Crippen molar-refractivity contribution in [2.24, 2.45) is 0 Å². The maximum Gasteiger partial charge on any atom is 0.270 e. The number of rotatable bonds is 5. The van der Waals surface area contributed by atoms with Gasteiger partial charge in [0.2, 0.25) is 0 Å². The molecule has 1 aromatic carbocycles. The fourth-order valence-corrected chi connectivity index (χ4v) is 4.18. The average Bonchev–Trinajstić information content (AvgIpc) is 3.14. The second-order valence-electron chi connectivity index (χ2n) is 7.39. The Kier molecular flexibility index (Phi) is 5.58. The van der Waals surface area contributed by atoms with E-state index >= 15 is 0 Å². The highest BCUT2D eigenvalue weighted by Gasteiger charge is 2.26. The summed E-state index contributed by atoms with van der Waals surface area (Å²) in [4.78, 5) is 22.1. The molecule has 1 fully saturated rings. The van der Waals surface area contributed by atoms with Crippen LogP contribution in [0.1, 0.15) is 37.2 Å². The zero-order valence-corrected chi connectivity index (χ0v) is 17.7.